The first-order valence-corrected chi connectivity index (χ1v) is 15.1. The summed E-state index contributed by atoms with van der Waals surface area (Å²) in [4.78, 5) is 0. The van der Waals surface area contributed by atoms with E-state index >= 15 is 0 Å². The van der Waals surface area contributed by atoms with Gasteiger partial charge in [-0.05, 0) is 75.8 Å². The van der Waals surface area contributed by atoms with Gasteiger partial charge >= 0.3 is 0 Å². The van der Waals surface area contributed by atoms with Crippen molar-refractivity contribution in [3.63, 3.8) is 0 Å². The molecule has 0 saturated heterocycles. The van der Waals surface area contributed by atoms with Crippen molar-refractivity contribution in [2.24, 2.45) is 0 Å². The summed E-state index contributed by atoms with van der Waals surface area (Å²) in [6.07, 6.45) is 0. The molecule has 0 radical (unpaired) electrons. The van der Waals surface area contributed by atoms with Crippen molar-refractivity contribution in [1.82, 2.24) is 4.57 Å². The van der Waals surface area contributed by atoms with Gasteiger partial charge in [-0.3, -0.25) is 0 Å². The number of hydrogen-bond acceptors (Lipinski definition) is 1. The van der Waals surface area contributed by atoms with E-state index in [1.807, 2.05) is 11.3 Å². The minimum atomic E-state index is 0.00276. The predicted molar refractivity (Wildman–Crippen MR) is 177 cm³/mol. The van der Waals surface area contributed by atoms with Crippen molar-refractivity contribution in [3.05, 3.63) is 139 Å². The molecule has 1 aliphatic rings. The molecule has 0 saturated carbocycles. The molecule has 9 rings (SSSR count). The fraction of sp³-hybridized carbons (Fsp3) is 0.0769. The van der Waals surface area contributed by atoms with E-state index in [4.69, 9.17) is 0 Å². The highest BCUT2D eigenvalue weighted by atomic mass is 32.1. The minimum Gasteiger partial charge on any atom is -0.309 e. The first-order chi connectivity index (χ1) is 20.1. The number of para-hydroxylation sites is 1. The highest BCUT2D eigenvalue weighted by Crippen LogP contribution is 2.49. The van der Waals surface area contributed by atoms with Crippen molar-refractivity contribution in [3.8, 4) is 27.9 Å². The molecule has 8 aromatic rings. The van der Waals surface area contributed by atoms with Gasteiger partial charge in [-0.15, -0.1) is 11.3 Å². The van der Waals surface area contributed by atoms with Crippen LogP contribution in [0.15, 0.2) is 127 Å². The lowest BCUT2D eigenvalue weighted by Crippen LogP contribution is -2.14. The monoisotopic (exact) mass is 541 g/mol. The largest absolute Gasteiger partial charge is 0.309 e. The standard InChI is InChI=1S/C39H27NS/c1-39(2)33-12-6-3-9-27(33)28-20-17-25(21-34(28)39)24-15-18-26(19-16-24)40-35-13-7-4-10-29(35)31-22-32-30-11-5-8-14-37(30)41-38(32)23-36(31)40/h3-23H,1-2H3. The van der Waals surface area contributed by atoms with E-state index in [1.54, 1.807) is 0 Å². The topological polar surface area (TPSA) is 4.93 Å². The predicted octanol–water partition coefficient (Wildman–Crippen LogP) is 11.1. The molecular weight excluding hydrogens is 515 g/mol. The Morgan fingerprint density at radius 2 is 1.20 bits per heavy atom. The minimum absolute atomic E-state index is 0.00276. The van der Waals surface area contributed by atoms with Crippen LogP contribution < -0.4 is 0 Å². The van der Waals surface area contributed by atoms with Gasteiger partial charge < -0.3 is 4.57 Å². The molecule has 1 aliphatic carbocycles. The summed E-state index contributed by atoms with van der Waals surface area (Å²) in [7, 11) is 0. The third-order valence-corrected chi connectivity index (χ3v) is 10.3. The maximum absolute atomic E-state index is 2.43. The van der Waals surface area contributed by atoms with Crippen LogP contribution >= 0.6 is 11.3 Å². The van der Waals surface area contributed by atoms with Gasteiger partial charge in [0.25, 0.3) is 0 Å². The van der Waals surface area contributed by atoms with Crippen LogP contribution in [0.3, 0.4) is 0 Å². The second-order valence-electron chi connectivity index (χ2n) is 11.8. The van der Waals surface area contributed by atoms with Crippen LogP contribution in [0.4, 0.5) is 0 Å². The van der Waals surface area contributed by atoms with Crippen molar-refractivity contribution in [2.45, 2.75) is 19.3 Å². The third kappa shape index (κ3) is 3.17. The van der Waals surface area contributed by atoms with Crippen LogP contribution in [0.1, 0.15) is 25.0 Å². The van der Waals surface area contributed by atoms with Crippen LogP contribution in [0, 0.1) is 0 Å². The van der Waals surface area contributed by atoms with Crippen LogP contribution in [0.5, 0.6) is 0 Å². The zero-order chi connectivity index (χ0) is 27.3. The number of hydrogen-bond donors (Lipinski definition) is 0. The normalized spacial score (nSPS) is 13.8. The van der Waals surface area contributed by atoms with E-state index in [0.29, 0.717) is 0 Å². The molecule has 6 aromatic carbocycles. The lowest BCUT2D eigenvalue weighted by molar-refractivity contribution is 0.660. The van der Waals surface area contributed by atoms with Crippen LogP contribution in [0.25, 0.3) is 69.9 Å². The zero-order valence-corrected chi connectivity index (χ0v) is 23.8. The van der Waals surface area contributed by atoms with E-state index in [2.05, 4.69) is 146 Å². The molecule has 194 valence electrons. The molecule has 0 fully saturated rings. The molecule has 0 bridgehead atoms. The van der Waals surface area contributed by atoms with Gasteiger partial charge in [-0.1, -0.05) is 98.8 Å². The third-order valence-electron chi connectivity index (χ3n) is 9.21. The Balaban J connectivity index is 1.19. The summed E-state index contributed by atoms with van der Waals surface area (Å²) < 4.78 is 5.11. The van der Waals surface area contributed by atoms with E-state index < -0.39 is 0 Å². The summed E-state index contributed by atoms with van der Waals surface area (Å²) in [6.45, 7) is 4.70. The molecule has 0 amide bonds. The Bertz CT molecular complexity index is 2330. The molecule has 0 spiro atoms. The van der Waals surface area contributed by atoms with Crippen LogP contribution in [-0.2, 0) is 5.41 Å². The maximum Gasteiger partial charge on any atom is 0.0555 e. The van der Waals surface area contributed by atoms with Gasteiger partial charge in [-0.2, -0.15) is 0 Å². The summed E-state index contributed by atoms with van der Waals surface area (Å²) in [6, 6.07) is 47.3. The lowest BCUT2D eigenvalue weighted by Gasteiger charge is -2.22. The number of rotatable bonds is 2. The number of benzene rings is 6. The molecule has 41 heavy (non-hydrogen) atoms. The van der Waals surface area contributed by atoms with Crippen molar-refractivity contribution in [1.29, 1.82) is 0 Å². The second kappa shape index (κ2) is 8.19. The Hall–Kier alpha value is -4.66. The Labute approximate surface area is 242 Å². The SMILES string of the molecule is CC1(C)c2ccccc2-c2ccc(-c3ccc(-n4c5ccccc5c5cc6c(cc54)sc4ccccc46)cc3)cc21. The highest BCUT2D eigenvalue weighted by Gasteiger charge is 2.35. The average molecular weight is 542 g/mol. The number of thiophene rings is 1. The molecule has 2 heterocycles. The number of aromatic nitrogens is 1. The van der Waals surface area contributed by atoms with Gasteiger partial charge in [-0.25, -0.2) is 0 Å². The van der Waals surface area contributed by atoms with Gasteiger partial charge in [0, 0.05) is 42.0 Å². The summed E-state index contributed by atoms with van der Waals surface area (Å²) >= 11 is 1.88. The summed E-state index contributed by atoms with van der Waals surface area (Å²) in [5, 5.41) is 5.29. The lowest BCUT2D eigenvalue weighted by atomic mass is 9.81. The molecule has 2 heteroatoms. The number of fused-ring (bicyclic) bond motifs is 9. The molecule has 0 unspecified atom stereocenters. The maximum atomic E-state index is 2.43. The van der Waals surface area contributed by atoms with Crippen molar-refractivity contribution < 1.29 is 0 Å². The van der Waals surface area contributed by atoms with Crippen molar-refractivity contribution in [2.75, 3.05) is 0 Å². The van der Waals surface area contributed by atoms with Gasteiger partial charge in [0.2, 0.25) is 0 Å². The summed E-state index contributed by atoms with van der Waals surface area (Å²) in [5.74, 6) is 0. The van der Waals surface area contributed by atoms with E-state index in [9.17, 15) is 0 Å². The quantitative estimate of drug-likeness (QED) is 0.205. The fourth-order valence-electron chi connectivity index (χ4n) is 7.15. The zero-order valence-electron chi connectivity index (χ0n) is 23.0. The smallest absolute Gasteiger partial charge is 0.0555 e. The van der Waals surface area contributed by atoms with Gasteiger partial charge in [0.15, 0.2) is 0 Å². The Morgan fingerprint density at radius 1 is 0.488 bits per heavy atom. The van der Waals surface area contributed by atoms with E-state index in [0.717, 1.165) is 0 Å². The van der Waals surface area contributed by atoms with Gasteiger partial charge in [0.1, 0.15) is 0 Å². The molecular formula is C39H27NS. The first kappa shape index (κ1) is 23.1. The molecule has 2 aromatic heterocycles. The van der Waals surface area contributed by atoms with E-state index in [1.165, 1.54) is 81.0 Å². The average Bonchev–Trinajstić information content (AvgIpc) is 3.61. The fourth-order valence-corrected chi connectivity index (χ4v) is 8.27. The first-order valence-electron chi connectivity index (χ1n) is 14.3. The van der Waals surface area contributed by atoms with Crippen LogP contribution in [-0.4, -0.2) is 4.57 Å². The Morgan fingerprint density at radius 3 is 2.07 bits per heavy atom. The molecule has 0 N–H and O–H groups in total. The van der Waals surface area contributed by atoms with E-state index in [-0.39, 0.29) is 5.41 Å². The Kier molecular flexibility index (Phi) is 4.61. The number of nitrogens with zero attached hydrogens (tertiary/aromatic N) is 1. The summed E-state index contributed by atoms with van der Waals surface area (Å²) in [5.41, 5.74) is 11.8. The van der Waals surface area contributed by atoms with Crippen molar-refractivity contribution >= 4 is 53.3 Å². The molecule has 0 atom stereocenters. The van der Waals surface area contributed by atoms with Gasteiger partial charge in [0.05, 0.1) is 11.0 Å². The molecule has 1 nitrogen and oxygen atoms in total. The molecule has 0 aliphatic heterocycles. The second-order valence-corrected chi connectivity index (χ2v) is 12.9. The van der Waals surface area contributed by atoms with Crippen LogP contribution in [0.2, 0.25) is 0 Å². The highest BCUT2D eigenvalue weighted by molar-refractivity contribution is 7.25.